The van der Waals surface area contributed by atoms with Crippen LogP contribution in [-0.2, 0) is 16.3 Å². The van der Waals surface area contributed by atoms with Gasteiger partial charge in [0.05, 0.1) is 20.9 Å². The minimum absolute atomic E-state index is 0. The zero-order chi connectivity index (χ0) is 17.6. The highest BCUT2D eigenvalue weighted by Crippen LogP contribution is 2.39. The molecule has 4 rings (SSSR count). The molecule has 0 radical (unpaired) electrons. The van der Waals surface area contributed by atoms with E-state index in [-0.39, 0.29) is 27.2 Å². The molecular formula is C18H16Cl2FNO3S. The maximum Gasteiger partial charge on any atom is 0.206 e. The zero-order valence-corrected chi connectivity index (χ0v) is 15.9. The Hall–Kier alpha value is -1.60. The SMILES string of the molecule is Cl.O=S(=O)(c1ccccc1)c1cc(Cl)c2oc3c(c2c1)C(CF)NCC3. The molecule has 0 bridgehead atoms. The van der Waals surface area contributed by atoms with Crippen LogP contribution in [0.1, 0.15) is 17.4 Å². The van der Waals surface area contributed by atoms with Crippen molar-refractivity contribution in [2.75, 3.05) is 13.2 Å². The molecule has 0 fully saturated rings. The number of fused-ring (bicyclic) bond motifs is 3. The van der Waals surface area contributed by atoms with Gasteiger partial charge >= 0.3 is 0 Å². The van der Waals surface area contributed by atoms with Crippen molar-refractivity contribution in [3.05, 3.63) is 58.8 Å². The van der Waals surface area contributed by atoms with Crippen LogP contribution in [0.25, 0.3) is 11.0 Å². The Labute approximate surface area is 161 Å². The second kappa shape index (κ2) is 7.19. The number of benzene rings is 2. The number of hydrogen-bond acceptors (Lipinski definition) is 4. The number of rotatable bonds is 3. The average Bonchev–Trinajstić information content (AvgIpc) is 3.02. The van der Waals surface area contributed by atoms with E-state index in [2.05, 4.69) is 5.32 Å². The molecule has 0 spiro atoms. The highest BCUT2D eigenvalue weighted by Gasteiger charge is 2.29. The van der Waals surface area contributed by atoms with Crippen molar-refractivity contribution in [2.45, 2.75) is 22.3 Å². The van der Waals surface area contributed by atoms with Crippen molar-refractivity contribution in [2.24, 2.45) is 0 Å². The van der Waals surface area contributed by atoms with Crippen LogP contribution in [0.5, 0.6) is 0 Å². The molecule has 2 heterocycles. The Morgan fingerprint density at radius 1 is 1.19 bits per heavy atom. The molecule has 138 valence electrons. The summed E-state index contributed by atoms with van der Waals surface area (Å²) in [5, 5.41) is 3.84. The van der Waals surface area contributed by atoms with Gasteiger partial charge in [0.25, 0.3) is 0 Å². The van der Waals surface area contributed by atoms with Gasteiger partial charge in [-0.3, -0.25) is 0 Å². The largest absolute Gasteiger partial charge is 0.459 e. The molecular weight excluding hydrogens is 400 g/mol. The predicted molar refractivity (Wildman–Crippen MR) is 101 cm³/mol. The summed E-state index contributed by atoms with van der Waals surface area (Å²) in [4.78, 5) is 0.255. The van der Waals surface area contributed by atoms with Gasteiger partial charge in [-0.05, 0) is 24.3 Å². The quantitative estimate of drug-likeness (QED) is 0.683. The van der Waals surface area contributed by atoms with Crippen LogP contribution in [0.3, 0.4) is 0 Å². The molecule has 1 atom stereocenters. The normalized spacial score (nSPS) is 16.9. The van der Waals surface area contributed by atoms with Gasteiger partial charge in [0.2, 0.25) is 9.84 Å². The molecule has 1 aliphatic rings. The van der Waals surface area contributed by atoms with Crippen molar-refractivity contribution in [3.63, 3.8) is 0 Å². The lowest BCUT2D eigenvalue weighted by molar-refractivity contribution is 0.357. The number of furan rings is 1. The summed E-state index contributed by atoms with van der Waals surface area (Å²) in [6.45, 7) is 0.00309. The minimum atomic E-state index is -3.72. The first-order valence-corrected chi connectivity index (χ1v) is 9.73. The zero-order valence-electron chi connectivity index (χ0n) is 13.5. The number of alkyl halides is 1. The van der Waals surface area contributed by atoms with Crippen LogP contribution in [0.15, 0.2) is 56.7 Å². The van der Waals surface area contributed by atoms with Crippen LogP contribution in [0.4, 0.5) is 4.39 Å². The van der Waals surface area contributed by atoms with E-state index in [1.807, 2.05) is 0 Å². The Morgan fingerprint density at radius 3 is 2.62 bits per heavy atom. The molecule has 26 heavy (non-hydrogen) atoms. The van der Waals surface area contributed by atoms with Crippen LogP contribution in [-0.4, -0.2) is 21.6 Å². The maximum absolute atomic E-state index is 13.4. The summed E-state index contributed by atoms with van der Waals surface area (Å²) in [7, 11) is -3.72. The summed E-state index contributed by atoms with van der Waals surface area (Å²) < 4.78 is 45.0. The fraction of sp³-hybridized carbons (Fsp3) is 0.222. The first kappa shape index (κ1) is 19.2. The van der Waals surface area contributed by atoms with Gasteiger partial charge in [-0.2, -0.15) is 0 Å². The average molecular weight is 416 g/mol. The first-order valence-electron chi connectivity index (χ1n) is 7.86. The van der Waals surface area contributed by atoms with E-state index in [9.17, 15) is 12.8 Å². The van der Waals surface area contributed by atoms with E-state index in [1.165, 1.54) is 24.3 Å². The molecule has 0 aliphatic carbocycles. The van der Waals surface area contributed by atoms with Crippen molar-refractivity contribution in [1.82, 2.24) is 5.32 Å². The fourth-order valence-electron chi connectivity index (χ4n) is 3.25. The molecule has 0 saturated carbocycles. The molecule has 2 aromatic carbocycles. The lowest BCUT2D eigenvalue weighted by Crippen LogP contribution is -2.30. The van der Waals surface area contributed by atoms with Crippen LogP contribution in [0.2, 0.25) is 5.02 Å². The predicted octanol–water partition coefficient (Wildman–Crippen LogP) is 4.50. The highest BCUT2D eigenvalue weighted by atomic mass is 35.5. The van der Waals surface area contributed by atoms with Gasteiger partial charge in [0, 0.05) is 23.9 Å². The second-order valence-electron chi connectivity index (χ2n) is 5.95. The number of hydrogen-bond donors (Lipinski definition) is 1. The van der Waals surface area contributed by atoms with Crippen LogP contribution in [0, 0.1) is 0 Å². The summed E-state index contributed by atoms with van der Waals surface area (Å²) in [5.74, 6) is 0.660. The Balaban J connectivity index is 0.00000196. The Kier molecular flexibility index (Phi) is 5.30. The third kappa shape index (κ3) is 3.01. The van der Waals surface area contributed by atoms with Crippen molar-refractivity contribution < 1.29 is 17.2 Å². The fourth-order valence-corrected chi connectivity index (χ4v) is 4.91. The molecule has 1 aromatic heterocycles. The molecule has 0 saturated heterocycles. The van der Waals surface area contributed by atoms with Gasteiger partial charge < -0.3 is 9.73 Å². The lowest BCUT2D eigenvalue weighted by atomic mass is 9.99. The molecule has 3 aromatic rings. The van der Waals surface area contributed by atoms with E-state index in [4.69, 9.17) is 16.0 Å². The standard InChI is InChI=1S/C18H15ClFNO3S.ClH/c19-14-9-12(25(22,23)11-4-2-1-3-5-11)8-13-17-15(10-20)21-7-6-16(17)24-18(13)14;/h1-5,8-9,15,21H,6-7,10H2;1H. The third-order valence-electron chi connectivity index (χ3n) is 4.44. The Morgan fingerprint density at radius 2 is 1.92 bits per heavy atom. The van der Waals surface area contributed by atoms with Gasteiger partial charge in [-0.25, -0.2) is 12.8 Å². The van der Waals surface area contributed by atoms with Crippen molar-refractivity contribution >= 4 is 44.8 Å². The summed E-state index contributed by atoms with van der Waals surface area (Å²) in [6, 6.07) is 10.5. The van der Waals surface area contributed by atoms with E-state index < -0.39 is 22.6 Å². The summed E-state index contributed by atoms with van der Waals surface area (Å²) in [5.41, 5.74) is 1.07. The lowest BCUT2D eigenvalue weighted by Gasteiger charge is -2.20. The van der Waals surface area contributed by atoms with Gasteiger partial charge in [-0.15, -0.1) is 12.4 Å². The summed E-state index contributed by atoms with van der Waals surface area (Å²) >= 11 is 6.29. The third-order valence-corrected chi connectivity index (χ3v) is 6.47. The maximum atomic E-state index is 13.4. The molecule has 8 heteroatoms. The van der Waals surface area contributed by atoms with Crippen molar-refractivity contribution in [3.8, 4) is 0 Å². The van der Waals surface area contributed by atoms with Crippen LogP contribution < -0.4 is 5.32 Å². The van der Waals surface area contributed by atoms with Gasteiger partial charge in [-0.1, -0.05) is 29.8 Å². The molecule has 1 aliphatic heterocycles. The number of sulfone groups is 1. The van der Waals surface area contributed by atoms with E-state index >= 15 is 0 Å². The van der Waals surface area contributed by atoms with Gasteiger partial charge in [0.1, 0.15) is 12.4 Å². The summed E-state index contributed by atoms with van der Waals surface area (Å²) in [6.07, 6.45) is 0.609. The van der Waals surface area contributed by atoms with Crippen molar-refractivity contribution in [1.29, 1.82) is 0 Å². The van der Waals surface area contributed by atoms with E-state index in [1.54, 1.807) is 18.2 Å². The smallest absolute Gasteiger partial charge is 0.206 e. The number of halogens is 3. The highest BCUT2D eigenvalue weighted by molar-refractivity contribution is 7.91. The second-order valence-corrected chi connectivity index (χ2v) is 8.31. The molecule has 1 N–H and O–H groups in total. The van der Waals surface area contributed by atoms with E-state index in [0.717, 1.165) is 0 Å². The Bertz CT molecular complexity index is 1050. The molecule has 0 amide bonds. The monoisotopic (exact) mass is 415 g/mol. The van der Waals surface area contributed by atoms with E-state index in [0.29, 0.717) is 35.3 Å². The molecule has 1 unspecified atom stereocenters. The first-order chi connectivity index (χ1) is 12.0. The minimum Gasteiger partial charge on any atom is -0.459 e. The number of nitrogens with one attached hydrogen (secondary N) is 1. The molecule has 4 nitrogen and oxygen atoms in total. The topological polar surface area (TPSA) is 59.3 Å². The van der Waals surface area contributed by atoms with Crippen LogP contribution >= 0.6 is 24.0 Å². The van der Waals surface area contributed by atoms with Gasteiger partial charge in [0.15, 0.2) is 5.58 Å².